The number of rotatable bonds is 2. The molecule has 0 spiro atoms. The number of anilines is 1. The van der Waals surface area contributed by atoms with E-state index in [2.05, 4.69) is 15.3 Å². The van der Waals surface area contributed by atoms with Crippen molar-refractivity contribution < 1.29 is 4.79 Å². The van der Waals surface area contributed by atoms with Crippen LogP contribution >= 0.6 is 11.6 Å². The van der Waals surface area contributed by atoms with Gasteiger partial charge in [-0.2, -0.15) is 0 Å². The Balaban J connectivity index is 2.75. The van der Waals surface area contributed by atoms with Gasteiger partial charge < -0.3 is 11.1 Å². The smallest absolute Gasteiger partial charge is 0.255 e. The molecule has 0 fully saturated rings. The van der Waals surface area contributed by atoms with Crippen LogP contribution in [0.2, 0.25) is 5.02 Å². The van der Waals surface area contributed by atoms with Gasteiger partial charge in [-0.3, -0.25) is 4.79 Å². The molecule has 0 saturated heterocycles. The van der Waals surface area contributed by atoms with Crippen molar-refractivity contribution in [2.24, 2.45) is 0 Å². The van der Waals surface area contributed by atoms with E-state index in [4.69, 9.17) is 17.3 Å². The number of carbonyl (C=O) groups excluding carboxylic acids is 1. The van der Waals surface area contributed by atoms with Crippen molar-refractivity contribution in [1.29, 1.82) is 0 Å². The number of aromatic nitrogens is 2. The molecule has 1 aromatic carbocycles. The van der Waals surface area contributed by atoms with Gasteiger partial charge in [0.1, 0.15) is 0 Å². The lowest BCUT2D eigenvalue weighted by atomic mass is 10.0. The molecule has 2 aromatic rings. The Hall–Kier alpha value is -2.14. The highest BCUT2D eigenvalue weighted by atomic mass is 35.5. The molecule has 98 valence electrons. The normalized spacial score (nSPS) is 10.3. The van der Waals surface area contributed by atoms with Crippen LogP contribution in [0.1, 0.15) is 16.1 Å². The van der Waals surface area contributed by atoms with E-state index in [1.165, 1.54) is 0 Å². The van der Waals surface area contributed by atoms with Gasteiger partial charge in [-0.15, -0.1) is 0 Å². The third-order valence-electron chi connectivity index (χ3n) is 2.69. The molecule has 0 aliphatic heterocycles. The molecule has 1 amide bonds. The van der Waals surface area contributed by atoms with E-state index in [9.17, 15) is 4.79 Å². The average Bonchev–Trinajstić information content (AvgIpc) is 2.37. The zero-order valence-corrected chi connectivity index (χ0v) is 11.3. The van der Waals surface area contributed by atoms with Crippen LogP contribution in [0.15, 0.2) is 24.3 Å². The summed E-state index contributed by atoms with van der Waals surface area (Å²) < 4.78 is 0. The topological polar surface area (TPSA) is 80.9 Å². The van der Waals surface area contributed by atoms with Crippen molar-refractivity contribution in [3.8, 4) is 11.3 Å². The van der Waals surface area contributed by atoms with Crippen molar-refractivity contribution in [1.82, 2.24) is 15.3 Å². The second-order valence-electron chi connectivity index (χ2n) is 3.95. The fourth-order valence-corrected chi connectivity index (χ4v) is 2.06. The lowest BCUT2D eigenvalue weighted by Gasteiger charge is -2.12. The molecule has 19 heavy (non-hydrogen) atoms. The highest BCUT2D eigenvalue weighted by molar-refractivity contribution is 6.33. The SMILES string of the molecule is CNC(=O)c1c(C)nc(N)nc1-c1ccccc1Cl. The number of benzene rings is 1. The Morgan fingerprint density at radius 2 is 2.00 bits per heavy atom. The predicted molar refractivity (Wildman–Crippen MR) is 75.0 cm³/mol. The van der Waals surface area contributed by atoms with Gasteiger partial charge in [0.25, 0.3) is 5.91 Å². The largest absolute Gasteiger partial charge is 0.368 e. The summed E-state index contributed by atoms with van der Waals surface area (Å²) in [4.78, 5) is 20.2. The fraction of sp³-hybridized carbons (Fsp3) is 0.154. The first-order valence-electron chi connectivity index (χ1n) is 5.65. The summed E-state index contributed by atoms with van der Waals surface area (Å²) in [5.41, 5.74) is 7.65. The van der Waals surface area contributed by atoms with Gasteiger partial charge in [0.2, 0.25) is 5.95 Å². The van der Waals surface area contributed by atoms with Crippen LogP contribution in [0.4, 0.5) is 5.95 Å². The van der Waals surface area contributed by atoms with Crippen molar-refractivity contribution in [2.75, 3.05) is 12.8 Å². The van der Waals surface area contributed by atoms with Gasteiger partial charge in [-0.25, -0.2) is 9.97 Å². The third-order valence-corrected chi connectivity index (χ3v) is 3.02. The number of amides is 1. The van der Waals surface area contributed by atoms with Crippen molar-refractivity contribution >= 4 is 23.5 Å². The molecule has 5 nitrogen and oxygen atoms in total. The maximum absolute atomic E-state index is 12.0. The standard InChI is InChI=1S/C13H13ClN4O/c1-7-10(12(19)16-2)11(18-13(15)17-7)8-5-3-4-6-9(8)14/h3-6H,1-2H3,(H,16,19)(H2,15,17,18). The maximum atomic E-state index is 12.0. The van der Waals surface area contributed by atoms with Crippen LogP contribution in [0.5, 0.6) is 0 Å². The second-order valence-corrected chi connectivity index (χ2v) is 4.36. The van der Waals surface area contributed by atoms with E-state index in [1.54, 1.807) is 26.1 Å². The summed E-state index contributed by atoms with van der Waals surface area (Å²) in [6, 6.07) is 7.15. The van der Waals surface area contributed by atoms with E-state index in [0.29, 0.717) is 27.5 Å². The molecule has 0 radical (unpaired) electrons. The molecule has 6 heteroatoms. The van der Waals surface area contributed by atoms with Gasteiger partial charge >= 0.3 is 0 Å². The molecule has 0 atom stereocenters. The molecule has 0 unspecified atom stereocenters. The number of hydrogen-bond acceptors (Lipinski definition) is 4. The Morgan fingerprint density at radius 1 is 1.32 bits per heavy atom. The summed E-state index contributed by atoms with van der Waals surface area (Å²) in [5.74, 6) is -0.160. The predicted octanol–water partition coefficient (Wildman–Crippen LogP) is 2.05. The monoisotopic (exact) mass is 276 g/mol. The molecule has 1 aromatic heterocycles. The van der Waals surface area contributed by atoms with Gasteiger partial charge in [0.15, 0.2) is 0 Å². The van der Waals surface area contributed by atoms with Gasteiger partial charge in [0, 0.05) is 17.6 Å². The Morgan fingerprint density at radius 3 is 2.63 bits per heavy atom. The third kappa shape index (κ3) is 2.51. The number of carbonyl (C=O) groups is 1. The molecule has 2 rings (SSSR count). The number of nitrogens with zero attached hydrogens (tertiary/aromatic N) is 2. The number of nitrogens with two attached hydrogens (primary N) is 1. The molecular weight excluding hydrogens is 264 g/mol. The summed E-state index contributed by atoms with van der Waals surface area (Å²) in [6.07, 6.45) is 0. The first kappa shape index (κ1) is 13.3. The van der Waals surface area contributed by atoms with E-state index < -0.39 is 0 Å². The van der Waals surface area contributed by atoms with E-state index >= 15 is 0 Å². The van der Waals surface area contributed by atoms with Gasteiger partial charge in [-0.05, 0) is 13.0 Å². The number of halogens is 1. The zero-order valence-electron chi connectivity index (χ0n) is 10.6. The second kappa shape index (κ2) is 5.24. The lowest BCUT2D eigenvalue weighted by Crippen LogP contribution is -2.22. The molecule has 0 aliphatic rings. The minimum atomic E-state index is -0.271. The van der Waals surface area contributed by atoms with Crippen LogP contribution < -0.4 is 11.1 Å². The van der Waals surface area contributed by atoms with Gasteiger partial charge in [-0.1, -0.05) is 29.8 Å². The maximum Gasteiger partial charge on any atom is 0.255 e. The first-order chi connectivity index (χ1) is 9.04. The number of nitrogen functional groups attached to an aromatic ring is 1. The lowest BCUT2D eigenvalue weighted by molar-refractivity contribution is 0.0962. The summed E-state index contributed by atoms with van der Waals surface area (Å²) in [5, 5.41) is 3.07. The molecule has 1 heterocycles. The highest BCUT2D eigenvalue weighted by Crippen LogP contribution is 2.30. The molecule has 0 saturated carbocycles. The first-order valence-corrected chi connectivity index (χ1v) is 6.03. The molecule has 0 bridgehead atoms. The van der Waals surface area contributed by atoms with E-state index in [1.807, 2.05) is 12.1 Å². The summed E-state index contributed by atoms with van der Waals surface area (Å²) >= 11 is 6.15. The molecule has 3 N–H and O–H groups in total. The number of aryl methyl sites for hydroxylation is 1. The minimum absolute atomic E-state index is 0.111. The summed E-state index contributed by atoms with van der Waals surface area (Å²) in [6.45, 7) is 1.71. The minimum Gasteiger partial charge on any atom is -0.368 e. The van der Waals surface area contributed by atoms with Crippen LogP contribution in [0.3, 0.4) is 0 Å². The Bertz CT molecular complexity index is 643. The van der Waals surface area contributed by atoms with Crippen molar-refractivity contribution in [3.05, 3.63) is 40.5 Å². The van der Waals surface area contributed by atoms with Crippen molar-refractivity contribution in [3.63, 3.8) is 0 Å². The van der Waals surface area contributed by atoms with Crippen LogP contribution in [-0.2, 0) is 0 Å². The molecule has 0 aliphatic carbocycles. The van der Waals surface area contributed by atoms with Crippen LogP contribution in [0.25, 0.3) is 11.3 Å². The van der Waals surface area contributed by atoms with Gasteiger partial charge in [0.05, 0.1) is 17.0 Å². The average molecular weight is 277 g/mol. The Labute approximate surface area is 115 Å². The summed E-state index contributed by atoms with van der Waals surface area (Å²) in [7, 11) is 1.55. The zero-order chi connectivity index (χ0) is 14.0. The van der Waals surface area contributed by atoms with E-state index in [-0.39, 0.29) is 11.9 Å². The number of nitrogens with one attached hydrogen (secondary N) is 1. The quantitative estimate of drug-likeness (QED) is 0.880. The molecular formula is C13H13ClN4O. The number of hydrogen-bond donors (Lipinski definition) is 2. The van der Waals surface area contributed by atoms with Crippen LogP contribution in [0, 0.1) is 6.92 Å². The van der Waals surface area contributed by atoms with Crippen LogP contribution in [-0.4, -0.2) is 22.9 Å². The van der Waals surface area contributed by atoms with E-state index in [0.717, 1.165) is 0 Å². The van der Waals surface area contributed by atoms with Crippen molar-refractivity contribution in [2.45, 2.75) is 6.92 Å². The highest BCUT2D eigenvalue weighted by Gasteiger charge is 2.19. The Kier molecular flexibility index (Phi) is 3.66. The fourth-order valence-electron chi connectivity index (χ4n) is 1.84.